The maximum absolute atomic E-state index is 13.3. The number of benzene rings is 2. The van der Waals surface area contributed by atoms with Gasteiger partial charge in [0.05, 0.1) is 31.7 Å². The lowest BCUT2D eigenvalue weighted by molar-refractivity contribution is -0.120. The number of halogens is 1. The second-order valence-electron chi connectivity index (χ2n) is 9.13. The molecule has 0 saturated carbocycles. The molecule has 3 heterocycles. The van der Waals surface area contributed by atoms with Crippen LogP contribution in [0.1, 0.15) is 29.7 Å². The summed E-state index contributed by atoms with van der Waals surface area (Å²) in [4.78, 5) is 18.2. The highest BCUT2D eigenvalue weighted by Crippen LogP contribution is 2.34. The number of thiazole rings is 1. The van der Waals surface area contributed by atoms with Gasteiger partial charge in [-0.3, -0.25) is 4.79 Å². The van der Waals surface area contributed by atoms with Crippen LogP contribution in [0.5, 0.6) is 0 Å². The normalized spacial score (nSPS) is 16.9. The Kier molecular flexibility index (Phi) is 6.63. The summed E-state index contributed by atoms with van der Waals surface area (Å²) >= 11 is 7.78. The van der Waals surface area contributed by atoms with E-state index < -0.39 is 15.9 Å². The van der Waals surface area contributed by atoms with E-state index in [4.69, 9.17) is 16.6 Å². The van der Waals surface area contributed by atoms with E-state index in [2.05, 4.69) is 10.4 Å². The van der Waals surface area contributed by atoms with Gasteiger partial charge in [0.2, 0.25) is 21.1 Å². The number of fused-ring (bicyclic) bond motifs is 1. The fourth-order valence-electron chi connectivity index (χ4n) is 4.38. The molecule has 1 amide bonds. The summed E-state index contributed by atoms with van der Waals surface area (Å²) < 4.78 is 30.2. The van der Waals surface area contributed by atoms with Crippen molar-refractivity contribution in [1.82, 2.24) is 19.1 Å². The number of amides is 1. The van der Waals surface area contributed by atoms with Crippen molar-refractivity contribution in [3.05, 3.63) is 64.3 Å². The van der Waals surface area contributed by atoms with Gasteiger partial charge < -0.3 is 5.32 Å². The van der Waals surface area contributed by atoms with Crippen molar-refractivity contribution in [1.29, 1.82) is 0 Å². The number of nitrogens with zero attached hydrogens (tertiary/aromatic N) is 4. The minimum absolute atomic E-state index is 0.130. The Labute approximate surface area is 219 Å². The fraction of sp³-hybridized carbons (Fsp3) is 0.320. The Bertz CT molecular complexity index is 1520. The van der Waals surface area contributed by atoms with E-state index in [9.17, 15) is 13.2 Å². The highest BCUT2D eigenvalue weighted by Gasteiger charge is 2.33. The molecule has 2 aromatic carbocycles. The zero-order valence-corrected chi connectivity index (χ0v) is 22.5. The number of piperidine rings is 1. The van der Waals surface area contributed by atoms with Gasteiger partial charge >= 0.3 is 0 Å². The largest absolute Gasteiger partial charge is 0.310 e. The van der Waals surface area contributed by atoms with E-state index in [0.717, 1.165) is 27.0 Å². The number of hydrogen-bond acceptors (Lipinski definition) is 6. The van der Waals surface area contributed by atoms with E-state index in [1.54, 1.807) is 35.0 Å². The molecule has 4 aromatic rings. The van der Waals surface area contributed by atoms with E-state index in [-0.39, 0.29) is 17.3 Å². The van der Waals surface area contributed by atoms with E-state index in [1.165, 1.54) is 15.6 Å². The molecule has 36 heavy (non-hydrogen) atoms. The molecule has 1 aliphatic heterocycles. The summed E-state index contributed by atoms with van der Waals surface area (Å²) in [6.45, 7) is 6.25. The van der Waals surface area contributed by atoms with Crippen LogP contribution in [0.4, 0.5) is 5.82 Å². The zero-order valence-electron chi connectivity index (χ0n) is 20.2. The van der Waals surface area contributed by atoms with Crippen LogP contribution >= 0.6 is 22.9 Å². The first-order valence-corrected chi connectivity index (χ1v) is 14.3. The van der Waals surface area contributed by atoms with E-state index in [0.29, 0.717) is 35.4 Å². The smallest absolute Gasteiger partial charge is 0.243 e. The van der Waals surface area contributed by atoms with Crippen molar-refractivity contribution in [3.63, 3.8) is 0 Å². The Morgan fingerprint density at radius 3 is 2.61 bits per heavy atom. The van der Waals surface area contributed by atoms with Crippen molar-refractivity contribution in [3.8, 4) is 5.13 Å². The number of nitrogens with one attached hydrogen (secondary N) is 1. The second kappa shape index (κ2) is 9.59. The summed E-state index contributed by atoms with van der Waals surface area (Å²) in [5, 5.41) is 8.71. The Balaban J connectivity index is 1.38. The van der Waals surface area contributed by atoms with Crippen molar-refractivity contribution in [2.24, 2.45) is 5.92 Å². The number of aromatic nitrogens is 3. The molecule has 1 fully saturated rings. The van der Waals surface area contributed by atoms with Gasteiger partial charge in [-0.15, -0.1) is 0 Å². The third kappa shape index (κ3) is 4.66. The molecular weight excluding hydrogens is 518 g/mol. The molecular formula is C25H26ClN5O3S2. The lowest BCUT2D eigenvalue weighted by atomic mass is 9.99. The van der Waals surface area contributed by atoms with Crippen LogP contribution in [0.15, 0.2) is 47.4 Å². The Morgan fingerprint density at radius 1 is 1.14 bits per heavy atom. The summed E-state index contributed by atoms with van der Waals surface area (Å²) in [7, 11) is -3.67. The first-order chi connectivity index (χ1) is 17.1. The molecule has 0 spiro atoms. The van der Waals surface area contributed by atoms with Crippen LogP contribution in [0.25, 0.3) is 15.3 Å². The molecule has 0 radical (unpaired) electrons. The van der Waals surface area contributed by atoms with Gasteiger partial charge in [-0.25, -0.2) is 13.4 Å². The molecule has 1 saturated heterocycles. The van der Waals surface area contributed by atoms with E-state index in [1.807, 2.05) is 32.9 Å². The molecule has 1 aliphatic rings. The van der Waals surface area contributed by atoms with Crippen molar-refractivity contribution in [2.75, 3.05) is 18.4 Å². The molecule has 1 N–H and O–H groups in total. The van der Waals surface area contributed by atoms with Gasteiger partial charge in [0.15, 0.2) is 0 Å². The topological polar surface area (TPSA) is 97.2 Å². The van der Waals surface area contributed by atoms with Crippen LogP contribution in [0.3, 0.4) is 0 Å². The monoisotopic (exact) mass is 543 g/mol. The SMILES string of the molecule is Cc1ccc(S(=O)(=O)N2CCCC(C(=O)Nc3cc(C)nn3-c3nc4c(C)ccc(Cl)c4s3)C2)cc1. The number of carbonyl (C=O) groups excluding carboxylic acids is 1. The average molecular weight is 544 g/mol. The minimum atomic E-state index is -3.67. The summed E-state index contributed by atoms with van der Waals surface area (Å²) in [5.41, 5.74) is 3.52. The molecule has 0 aliphatic carbocycles. The summed E-state index contributed by atoms with van der Waals surface area (Å²) in [6, 6.07) is 12.3. The number of aryl methyl sites for hydroxylation is 3. The van der Waals surface area contributed by atoms with Crippen LogP contribution in [-0.4, -0.2) is 46.5 Å². The molecule has 1 atom stereocenters. The van der Waals surface area contributed by atoms with Gasteiger partial charge in [-0.2, -0.15) is 14.1 Å². The number of sulfonamides is 1. The molecule has 5 rings (SSSR count). The van der Waals surface area contributed by atoms with Crippen molar-refractivity contribution < 1.29 is 13.2 Å². The third-order valence-corrected chi connectivity index (χ3v) is 9.73. The fourth-order valence-corrected chi connectivity index (χ4v) is 7.18. The molecule has 188 valence electrons. The number of hydrogen-bond donors (Lipinski definition) is 1. The quantitative estimate of drug-likeness (QED) is 0.378. The lowest BCUT2D eigenvalue weighted by Gasteiger charge is -2.31. The molecule has 1 unspecified atom stereocenters. The van der Waals surface area contributed by atoms with E-state index >= 15 is 0 Å². The number of anilines is 1. The standard InChI is InChI=1S/C25H26ClN5O3S2/c1-15-6-9-19(10-7-15)36(33,34)30-12-4-5-18(14-30)24(32)27-21-13-17(3)29-31(21)25-28-22-16(2)8-11-20(26)23(22)35-25/h6-11,13,18H,4-5,12,14H2,1-3H3,(H,27,32). The van der Waals surface area contributed by atoms with Gasteiger partial charge in [0.25, 0.3) is 0 Å². The molecule has 2 aromatic heterocycles. The maximum atomic E-state index is 13.3. The second-order valence-corrected chi connectivity index (χ2v) is 12.4. The van der Waals surface area contributed by atoms with Crippen LogP contribution < -0.4 is 5.32 Å². The van der Waals surface area contributed by atoms with Gasteiger partial charge in [0.1, 0.15) is 5.82 Å². The Hall–Kier alpha value is -2.79. The predicted molar refractivity (Wildman–Crippen MR) is 143 cm³/mol. The maximum Gasteiger partial charge on any atom is 0.243 e. The first-order valence-electron chi connectivity index (χ1n) is 11.6. The zero-order chi connectivity index (χ0) is 25.6. The molecule has 8 nitrogen and oxygen atoms in total. The van der Waals surface area contributed by atoms with Crippen molar-refractivity contribution in [2.45, 2.75) is 38.5 Å². The molecule has 11 heteroatoms. The summed E-state index contributed by atoms with van der Waals surface area (Å²) in [5.74, 6) is -0.228. The third-order valence-electron chi connectivity index (χ3n) is 6.36. The lowest BCUT2D eigenvalue weighted by Crippen LogP contribution is -2.43. The van der Waals surface area contributed by atoms with Crippen LogP contribution in [-0.2, 0) is 14.8 Å². The highest BCUT2D eigenvalue weighted by molar-refractivity contribution is 7.89. The number of rotatable bonds is 5. The van der Waals surface area contributed by atoms with Crippen LogP contribution in [0.2, 0.25) is 5.02 Å². The van der Waals surface area contributed by atoms with Gasteiger partial charge in [0, 0.05) is 19.2 Å². The summed E-state index contributed by atoms with van der Waals surface area (Å²) in [6.07, 6.45) is 1.21. The van der Waals surface area contributed by atoms with Gasteiger partial charge in [-0.05, 0) is 57.4 Å². The average Bonchev–Trinajstić information content (AvgIpc) is 3.46. The minimum Gasteiger partial charge on any atom is -0.310 e. The molecule has 0 bridgehead atoms. The van der Waals surface area contributed by atoms with Crippen LogP contribution in [0, 0.1) is 26.7 Å². The Morgan fingerprint density at radius 2 is 1.89 bits per heavy atom. The highest BCUT2D eigenvalue weighted by atomic mass is 35.5. The number of carbonyl (C=O) groups is 1. The first kappa shape index (κ1) is 24.9. The predicted octanol–water partition coefficient (Wildman–Crippen LogP) is 5.10. The van der Waals surface area contributed by atoms with Crippen molar-refractivity contribution >= 4 is 54.9 Å². The van der Waals surface area contributed by atoms with Gasteiger partial charge in [-0.1, -0.05) is 46.7 Å².